The minimum absolute atomic E-state index is 0.888. The zero-order valence-electron chi connectivity index (χ0n) is 31.8. The molecule has 0 atom stereocenters. The van der Waals surface area contributed by atoms with Crippen LogP contribution in [0, 0.1) is 20.8 Å². The van der Waals surface area contributed by atoms with Crippen LogP contribution in [-0.4, -0.2) is 19.9 Å². The van der Waals surface area contributed by atoms with Crippen LogP contribution in [0.5, 0.6) is 0 Å². The van der Waals surface area contributed by atoms with Gasteiger partial charge < -0.3 is 9.97 Å². The predicted octanol–water partition coefficient (Wildman–Crippen LogP) is 12.3. The van der Waals surface area contributed by atoms with E-state index >= 15 is 0 Å². The van der Waals surface area contributed by atoms with Gasteiger partial charge in [-0.25, -0.2) is 14.5 Å². The Morgan fingerprint density at radius 2 is 0.764 bits per heavy atom. The van der Waals surface area contributed by atoms with Crippen molar-refractivity contribution in [1.29, 1.82) is 0 Å². The molecule has 0 fully saturated rings. The Hall–Kier alpha value is -6.59. The molecule has 5 nitrogen and oxygen atoms in total. The number of aryl methyl sites for hydroxylation is 4. The number of aromatic amines is 2. The first kappa shape index (κ1) is 34.2. The van der Waals surface area contributed by atoms with Crippen molar-refractivity contribution >= 4 is 46.4 Å². The highest BCUT2D eigenvalue weighted by molar-refractivity contribution is 6.00. The summed E-state index contributed by atoms with van der Waals surface area (Å²) in [5, 5.41) is 0. The monoisotopic (exact) mass is 714 g/mol. The number of nitrogens with one attached hydrogen (secondary N) is 2. The number of H-pyrrole nitrogens is 2. The minimum Gasteiger partial charge on any atom is -0.354 e. The summed E-state index contributed by atoms with van der Waals surface area (Å²) in [6.45, 7) is 9.61. The lowest BCUT2D eigenvalue weighted by molar-refractivity contribution is -0.697. The number of pyridine rings is 1. The molecule has 0 aliphatic carbocycles. The highest BCUT2D eigenvalue weighted by Gasteiger charge is 2.20. The first-order chi connectivity index (χ1) is 26.9. The molecule has 3 aromatic carbocycles. The van der Waals surface area contributed by atoms with E-state index in [9.17, 15) is 0 Å². The number of hydrogen-bond acceptors (Lipinski definition) is 2. The van der Waals surface area contributed by atoms with Crippen molar-refractivity contribution < 1.29 is 4.57 Å². The van der Waals surface area contributed by atoms with E-state index in [-0.39, 0.29) is 0 Å². The highest BCUT2D eigenvalue weighted by Crippen LogP contribution is 2.38. The van der Waals surface area contributed by atoms with E-state index in [1.54, 1.807) is 0 Å². The van der Waals surface area contributed by atoms with Crippen molar-refractivity contribution in [2.45, 2.75) is 47.1 Å². The molecule has 0 saturated heterocycles. The SMILES string of the molecule is CCCC[n+]1ccc(-c2c3ccc([nH]3)c(-c3ccc(C)cc3)c3nc(c(-c4ccc(C)cc4)c4nc(c(-c5ccc(C)cc5)c5ccc2[nH]5)C=C4)C=C3)cc1. The van der Waals surface area contributed by atoms with Gasteiger partial charge in [-0.3, -0.25) is 0 Å². The zero-order valence-corrected chi connectivity index (χ0v) is 31.8. The molecule has 7 aromatic rings. The van der Waals surface area contributed by atoms with Gasteiger partial charge in [0.05, 0.1) is 22.8 Å². The third-order valence-electron chi connectivity index (χ3n) is 10.7. The fourth-order valence-corrected chi connectivity index (χ4v) is 7.70. The Bertz CT molecular complexity index is 2630. The molecule has 55 heavy (non-hydrogen) atoms. The molecule has 6 heterocycles. The molecule has 2 aliphatic rings. The number of unbranched alkanes of at least 4 members (excludes halogenated alkanes) is 1. The summed E-state index contributed by atoms with van der Waals surface area (Å²) in [5.74, 6) is 0. The summed E-state index contributed by atoms with van der Waals surface area (Å²) in [5.41, 5.74) is 19.9. The van der Waals surface area contributed by atoms with Gasteiger partial charge in [-0.1, -0.05) is 103 Å². The van der Waals surface area contributed by atoms with Gasteiger partial charge in [0.25, 0.3) is 0 Å². The Kier molecular flexibility index (Phi) is 8.91. The minimum atomic E-state index is 0.888. The van der Waals surface area contributed by atoms with Gasteiger partial charge in [-0.05, 0) is 91.6 Å². The van der Waals surface area contributed by atoms with Crippen molar-refractivity contribution in [2.24, 2.45) is 0 Å². The maximum absolute atomic E-state index is 5.42. The topological polar surface area (TPSA) is 61.2 Å². The first-order valence-corrected chi connectivity index (χ1v) is 19.3. The molecule has 2 aliphatic heterocycles. The fraction of sp³-hybridized carbons (Fsp3) is 0.140. The molecule has 0 spiro atoms. The quantitative estimate of drug-likeness (QED) is 0.161. The van der Waals surface area contributed by atoms with Crippen LogP contribution in [0.3, 0.4) is 0 Å². The first-order valence-electron chi connectivity index (χ1n) is 19.3. The van der Waals surface area contributed by atoms with E-state index in [0.29, 0.717) is 0 Å². The summed E-state index contributed by atoms with van der Waals surface area (Å²) in [4.78, 5) is 18.6. The average Bonchev–Trinajstić information content (AvgIpc) is 4.04. The number of hydrogen-bond donors (Lipinski definition) is 2. The molecule has 0 amide bonds. The normalized spacial score (nSPS) is 12.1. The number of benzene rings is 3. The average molecular weight is 715 g/mol. The van der Waals surface area contributed by atoms with Crippen LogP contribution < -0.4 is 4.57 Å². The Morgan fingerprint density at radius 1 is 0.418 bits per heavy atom. The zero-order chi connectivity index (χ0) is 37.5. The predicted molar refractivity (Wildman–Crippen MR) is 230 cm³/mol. The van der Waals surface area contributed by atoms with Gasteiger partial charge in [0.15, 0.2) is 12.4 Å². The Balaban J connectivity index is 1.43. The Morgan fingerprint density at radius 3 is 1.16 bits per heavy atom. The Labute approximate surface area is 322 Å². The third-order valence-corrected chi connectivity index (χ3v) is 10.7. The van der Waals surface area contributed by atoms with Crippen LogP contribution >= 0.6 is 0 Å². The second kappa shape index (κ2) is 14.3. The molecule has 5 heteroatoms. The van der Waals surface area contributed by atoms with Crippen molar-refractivity contribution in [1.82, 2.24) is 19.9 Å². The molecule has 2 N–H and O–H groups in total. The summed E-state index contributed by atoms with van der Waals surface area (Å²) >= 11 is 0. The van der Waals surface area contributed by atoms with Crippen LogP contribution in [0.15, 0.2) is 122 Å². The van der Waals surface area contributed by atoms with E-state index in [1.807, 2.05) is 0 Å². The summed E-state index contributed by atoms with van der Waals surface area (Å²) in [6, 6.07) is 39.5. The van der Waals surface area contributed by atoms with Crippen molar-refractivity contribution in [3.63, 3.8) is 0 Å². The van der Waals surface area contributed by atoms with Gasteiger partial charge in [0, 0.05) is 62.9 Å². The van der Waals surface area contributed by atoms with Crippen molar-refractivity contribution in [2.75, 3.05) is 0 Å². The number of rotatable bonds is 7. The van der Waals surface area contributed by atoms with Gasteiger partial charge in [-0.2, -0.15) is 0 Å². The lowest BCUT2D eigenvalue weighted by Gasteiger charge is -2.07. The van der Waals surface area contributed by atoms with Crippen LogP contribution in [-0.2, 0) is 6.54 Å². The van der Waals surface area contributed by atoms with Crippen LogP contribution in [0.4, 0.5) is 0 Å². The molecular weight excluding hydrogens is 671 g/mol. The summed E-state index contributed by atoms with van der Waals surface area (Å²) in [6.07, 6.45) is 15.3. The fourth-order valence-electron chi connectivity index (χ4n) is 7.70. The maximum atomic E-state index is 5.42. The summed E-state index contributed by atoms with van der Waals surface area (Å²) in [7, 11) is 0. The van der Waals surface area contributed by atoms with Crippen molar-refractivity contribution in [3.8, 4) is 44.5 Å². The largest absolute Gasteiger partial charge is 0.354 e. The van der Waals surface area contributed by atoms with E-state index in [4.69, 9.17) is 9.97 Å². The molecule has 9 rings (SSSR count). The van der Waals surface area contributed by atoms with Crippen molar-refractivity contribution in [3.05, 3.63) is 161 Å². The van der Waals surface area contributed by atoms with Gasteiger partial charge in [0.2, 0.25) is 0 Å². The summed E-state index contributed by atoms with van der Waals surface area (Å²) < 4.78 is 2.27. The van der Waals surface area contributed by atoms with E-state index in [1.165, 1.54) is 16.7 Å². The van der Waals surface area contributed by atoms with E-state index in [2.05, 4.69) is 188 Å². The molecule has 4 aromatic heterocycles. The number of fused-ring (bicyclic) bond motifs is 8. The lowest BCUT2D eigenvalue weighted by atomic mass is 10.0. The standard InChI is InChI=1S/C50H43N5/c1-5-6-29-55-30-27-38(28-31-55)50-45-25-23-43(53-45)48(36-15-9-33(3)10-16-36)41-21-19-39(51-41)47(35-13-7-32(2)8-14-35)40-20-22-42(52-40)49(44-24-26-46(50)54-44)37-17-11-34(4)12-18-37/h7-28,30-31H,5-6,29H2,1-4H3,(H,51,52,53,54)/p+1. The van der Waals surface area contributed by atoms with Crippen LogP contribution in [0.1, 0.15) is 59.2 Å². The van der Waals surface area contributed by atoms with Crippen LogP contribution in [0.25, 0.3) is 90.9 Å². The van der Waals surface area contributed by atoms with Gasteiger partial charge in [0.1, 0.15) is 6.54 Å². The smallest absolute Gasteiger partial charge is 0.169 e. The van der Waals surface area contributed by atoms with E-state index < -0.39 is 0 Å². The van der Waals surface area contributed by atoms with Gasteiger partial charge in [-0.15, -0.1) is 0 Å². The maximum Gasteiger partial charge on any atom is 0.169 e. The third kappa shape index (κ3) is 6.63. The molecule has 0 radical (unpaired) electrons. The lowest BCUT2D eigenvalue weighted by Crippen LogP contribution is -2.32. The van der Waals surface area contributed by atoms with Gasteiger partial charge >= 0.3 is 0 Å². The highest BCUT2D eigenvalue weighted by atomic mass is 14.9. The molecule has 8 bridgehead atoms. The number of nitrogens with zero attached hydrogens (tertiary/aromatic N) is 3. The molecular formula is C50H44N5+. The molecule has 0 unspecified atom stereocenters. The second-order valence-electron chi connectivity index (χ2n) is 14.8. The molecule has 268 valence electrons. The second-order valence-corrected chi connectivity index (χ2v) is 14.8. The van der Waals surface area contributed by atoms with E-state index in [0.717, 1.165) is 109 Å². The van der Waals surface area contributed by atoms with Crippen LogP contribution in [0.2, 0.25) is 0 Å². The number of aromatic nitrogens is 5. The molecule has 0 saturated carbocycles.